The molecule has 2 aliphatic rings. The lowest BCUT2D eigenvalue weighted by molar-refractivity contribution is 0.0184. The summed E-state index contributed by atoms with van der Waals surface area (Å²) in [5.41, 5.74) is 0. The minimum Gasteiger partial charge on any atom is -0.396 e. The van der Waals surface area contributed by atoms with Crippen LogP contribution in [0.3, 0.4) is 0 Å². The summed E-state index contributed by atoms with van der Waals surface area (Å²) >= 11 is 0. The molecular formula is C12H23NO. The molecule has 1 N–H and O–H groups in total. The Morgan fingerprint density at radius 1 is 1.29 bits per heavy atom. The van der Waals surface area contributed by atoms with Gasteiger partial charge in [0.1, 0.15) is 0 Å². The van der Waals surface area contributed by atoms with Gasteiger partial charge in [-0.2, -0.15) is 0 Å². The SMILES string of the molecule is CCCC1CN(C2CCCC2CO)C1. The predicted molar refractivity (Wildman–Crippen MR) is 58.2 cm³/mol. The third kappa shape index (κ3) is 1.96. The largest absolute Gasteiger partial charge is 0.396 e. The zero-order valence-corrected chi connectivity index (χ0v) is 9.28. The summed E-state index contributed by atoms with van der Waals surface area (Å²) in [6.45, 7) is 5.28. The Kier molecular flexibility index (Phi) is 3.45. The molecule has 0 aromatic carbocycles. The maximum Gasteiger partial charge on any atom is 0.0474 e. The van der Waals surface area contributed by atoms with Gasteiger partial charge in [-0.25, -0.2) is 0 Å². The first kappa shape index (κ1) is 10.4. The van der Waals surface area contributed by atoms with Crippen LogP contribution in [-0.4, -0.2) is 35.7 Å². The lowest BCUT2D eigenvalue weighted by Crippen LogP contribution is -2.53. The highest BCUT2D eigenvalue weighted by atomic mass is 16.3. The van der Waals surface area contributed by atoms with Crippen LogP contribution in [-0.2, 0) is 0 Å². The lowest BCUT2D eigenvalue weighted by atomic mass is 9.90. The molecule has 2 fully saturated rings. The molecule has 0 aromatic heterocycles. The minimum absolute atomic E-state index is 0.402. The maximum atomic E-state index is 9.25. The van der Waals surface area contributed by atoms with Crippen LogP contribution in [0.4, 0.5) is 0 Å². The molecule has 2 atom stereocenters. The Hall–Kier alpha value is -0.0800. The van der Waals surface area contributed by atoms with Gasteiger partial charge >= 0.3 is 0 Å². The van der Waals surface area contributed by atoms with Crippen molar-refractivity contribution in [2.75, 3.05) is 19.7 Å². The Morgan fingerprint density at radius 3 is 2.71 bits per heavy atom. The van der Waals surface area contributed by atoms with Crippen molar-refractivity contribution in [3.8, 4) is 0 Å². The van der Waals surface area contributed by atoms with E-state index in [1.54, 1.807) is 0 Å². The molecule has 82 valence electrons. The zero-order chi connectivity index (χ0) is 9.97. The molecule has 2 rings (SSSR count). The van der Waals surface area contributed by atoms with E-state index in [4.69, 9.17) is 0 Å². The van der Waals surface area contributed by atoms with E-state index >= 15 is 0 Å². The van der Waals surface area contributed by atoms with Crippen molar-refractivity contribution in [3.63, 3.8) is 0 Å². The molecule has 0 aromatic rings. The third-order valence-electron chi connectivity index (χ3n) is 4.00. The summed E-state index contributed by atoms with van der Waals surface area (Å²) in [5.74, 6) is 1.54. The number of nitrogens with zero attached hydrogens (tertiary/aromatic N) is 1. The second-order valence-corrected chi connectivity index (χ2v) is 5.05. The van der Waals surface area contributed by atoms with Crippen molar-refractivity contribution in [1.82, 2.24) is 4.90 Å². The maximum absolute atomic E-state index is 9.25. The molecule has 14 heavy (non-hydrogen) atoms. The normalized spacial score (nSPS) is 34.7. The van der Waals surface area contributed by atoms with Crippen molar-refractivity contribution >= 4 is 0 Å². The second kappa shape index (κ2) is 4.63. The Morgan fingerprint density at radius 2 is 2.07 bits per heavy atom. The van der Waals surface area contributed by atoms with E-state index in [1.165, 1.54) is 45.2 Å². The number of rotatable bonds is 4. The van der Waals surface area contributed by atoms with Gasteiger partial charge in [-0.3, -0.25) is 4.90 Å². The first-order valence-corrected chi connectivity index (χ1v) is 6.20. The molecular weight excluding hydrogens is 174 g/mol. The molecule has 0 amide bonds. The van der Waals surface area contributed by atoms with Crippen molar-refractivity contribution < 1.29 is 5.11 Å². The average Bonchev–Trinajstić information content (AvgIpc) is 2.58. The predicted octanol–water partition coefficient (Wildman–Crippen LogP) is 1.88. The quantitative estimate of drug-likeness (QED) is 0.744. The highest BCUT2D eigenvalue weighted by Gasteiger charge is 2.37. The molecule has 2 unspecified atom stereocenters. The standard InChI is InChI=1S/C12H23NO/c1-2-4-10-7-13(8-10)12-6-3-5-11(12)9-14/h10-12,14H,2-9H2,1H3. The lowest BCUT2D eigenvalue weighted by Gasteiger charge is -2.45. The van der Waals surface area contributed by atoms with E-state index in [-0.39, 0.29) is 0 Å². The number of aliphatic hydroxyl groups excluding tert-OH is 1. The van der Waals surface area contributed by atoms with E-state index in [0.29, 0.717) is 18.6 Å². The first-order chi connectivity index (χ1) is 6.85. The summed E-state index contributed by atoms with van der Waals surface area (Å²) in [6, 6.07) is 0.716. The Labute approximate surface area is 87.3 Å². The average molecular weight is 197 g/mol. The van der Waals surface area contributed by atoms with Crippen LogP contribution in [0.1, 0.15) is 39.0 Å². The van der Waals surface area contributed by atoms with Gasteiger partial charge in [-0.1, -0.05) is 19.8 Å². The molecule has 1 saturated carbocycles. The van der Waals surface area contributed by atoms with Crippen LogP contribution in [0.15, 0.2) is 0 Å². The van der Waals surface area contributed by atoms with Gasteiger partial charge in [0.2, 0.25) is 0 Å². The summed E-state index contributed by atoms with van der Waals surface area (Å²) < 4.78 is 0. The van der Waals surface area contributed by atoms with Crippen molar-refractivity contribution in [3.05, 3.63) is 0 Å². The first-order valence-electron chi connectivity index (χ1n) is 6.20. The highest BCUT2D eigenvalue weighted by Crippen LogP contribution is 2.34. The van der Waals surface area contributed by atoms with Gasteiger partial charge in [-0.15, -0.1) is 0 Å². The summed E-state index contributed by atoms with van der Waals surface area (Å²) in [6.07, 6.45) is 6.62. The highest BCUT2D eigenvalue weighted by molar-refractivity contribution is 4.91. The van der Waals surface area contributed by atoms with E-state index in [0.717, 1.165) is 5.92 Å². The van der Waals surface area contributed by atoms with Gasteiger partial charge < -0.3 is 5.11 Å². The Balaban J connectivity index is 1.75. The zero-order valence-electron chi connectivity index (χ0n) is 9.28. The monoisotopic (exact) mass is 197 g/mol. The fourth-order valence-corrected chi connectivity index (χ4v) is 3.18. The van der Waals surface area contributed by atoms with Crippen LogP contribution < -0.4 is 0 Å². The van der Waals surface area contributed by atoms with E-state index in [1.807, 2.05) is 0 Å². The number of aliphatic hydroxyl groups is 1. The smallest absolute Gasteiger partial charge is 0.0474 e. The third-order valence-corrected chi connectivity index (χ3v) is 4.00. The molecule has 0 bridgehead atoms. The fourth-order valence-electron chi connectivity index (χ4n) is 3.18. The van der Waals surface area contributed by atoms with Crippen LogP contribution in [0.25, 0.3) is 0 Å². The molecule has 0 spiro atoms. The molecule has 2 heteroatoms. The summed E-state index contributed by atoms with van der Waals surface area (Å²) in [7, 11) is 0. The summed E-state index contributed by atoms with van der Waals surface area (Å²) in [5, 5.41) is 9.25. The summed E-state index contributed by atoms with van der Waals surface area (Å²) in [4.78, 5) is 2.61. The fraction of sp³-hybridized carbons (Fsp3) is 1.00. The van der Waals surface area contributed by atoms with Crippen molar-refractivity contribution in [1.29, 1.82) is 0 Å². The van der Waals surface area contributed by atoms with Gasteiger partial charge in [-0.05, 0) is 31.1 Å². The van der Waals surface area contributed by atoms with Gasteiger partial charge in [0.05, 0.1) is 0 Å². The van der Waals surface area contributed by atoms with Crippen LogP contribution in [0.2, 0.25) is 0 Å². The number of hydrogen-bond acceptors (Lipinski definition) is 2. The number of likely N-dealkylation sites (tertiary alicyclic amines) is 1. The van der Waals surface area contributed by atoms with E-state index in [2.05, 4.69) is 11.8 Å². The molecule has 1 aliphatic carbocycles. The van der Waals surface area contributed by atoms with E-state index in [9.17, 15) is 5.11 Å². The molecule has 2 nitrogen and oxygen atoms in total. The van der Waals surface area contributed by atoms with Crippen molar-refractivity contribution in [2.45, 2.75) is 45.1 Å². The van der Waals surface area contributed by atoms with E-state index < -0.39 is 0 Å². The topological polar surface area (TPSA) is 23.5 Å². The molecule has 1 saturated heterocycles. The second-order valence-electron chi connectivity index (χ2n) is 5.05. The minimum atomic E-state index is 0.402. The van der Waals surface area contributed by atoms with Gasteiger partial charge in [0, 0.05) is 25.7 Å². The Bertz CT molecular complexity index is 177. The van der Waals surface area contributed by atoms with Crippen LogP contribution in [0.5, 0.6) is 0 Å². The molecule has 0 radical (unpaired) electrons. The van der Waals surface area contributed by atoms with Crippen LogP contribution in [0, 0.1) is 11.8 Å². The molecule has 1 heterocycles. The van der Waals surface area contributed by atoms with Crippen molar-refractivity contribution in [2.24, 2.45) is 11.8 Å². The van der Waals surface area contributed by atoms with Gasteiger partial charge in [0.25, 0.3) is 0 Å². The number of hydrogen-bond donors (Lipinski definition) is 1. The molecule has 1 aliphatic heterocycles. The van der Waals surface area contributed by atoms with Crippen LogP contribution >= 0.6 is 0 Å². The van der Waals surface area contributed by atoms with Gasteiger partial charge in [0.15, 0.2) is 0 Å².